The number of aromatic amines is 1. The summed E-state index contributed by atoms with van der Waals surface area (Å²) in [5.74, 6) is -0.674. The van der Waals surface area contributed by atoms with E-state index >= 15 is 0 Å². The Labute approximate surface area is 139 Å². The number of aliphatic carboxylic acids is 1. The summed E-state index contributed by atoms with van der Waals surface area (Å²) in [5, 5.41) is 18.6. The highest BCUT2D eigenvalue weighted by atomic mass is 32.2. The molecule has 2 heterocycles. The van der Waals surface area contributed by atoms with Gasteiger partial charge in [0.2, 0.25) is 0 Å². The zero-order chi connectivity index (χ0) is 17.9. The average Bonchev–Trinajstić information content (AvgIpc) is 2.83. The molecule has 3 N–H and O–H groups in total. The Kier molecular flexibility index (Phi) is 6.08. The molecule has 0 radical (unpaired) electrons. The van der Waals surface area contributed by atoms with Crippen molar-refractivity contribution in [3.05, 3.63) is 32.6 Å². The van der Waals surface area contributed by atoms with Gasteiger partial charge in [0.25, 0.3) is 5.56 Å². The van der Waals surface area contributed by atoms with Gasteiger partial charge < -0.3 is 14.9 Å². The van der Waals surface area contributed by atoms with Gasteiger partial charge in [-0.1, -0.05) is 0 Å². The van der Waals surface area contributed by atoms with E-state index < -0.39 is 46.5 Å². The van der Waals surface area contributed by atoms with E-state index in [1.807, 2.05) is 0 Å². The summed E-state index contributed by atoms with van der Waals surface area (Å²) in [4.78, 5) is 35.8. The number of aliphatic hydroxyl groups is 1. The largest absolute Gasteiger partial charge is 0.481 e. The van der Waals surface area contributed by atoms with Crippen LogP contribution in [0.25, 0.3) is 0 Å². The summed E-state index contributed by atoms with van der Waals surface area (Å²) in [6.45, 7) is 1.55. The first-order valence-electron chi connectivity index (χ1n) is 7.50. The molecule has 1 aromatic heterocycles. The van der Waals surface area contributed by atoms with Crippen molar-refractivity contribution in [3.8, 4) is 0 Å². The second-order valence-corrected chi connectivity index (χ2v) is 7.34. The monoisotopic (exact) mass is 360 g/mol. The number of aromatic nitrogens is 2. The summed E-state index contributed by atoms with van der Waals surface area (Å²) < 4.78 is 18.8. The maximum atomic E-state index is 11.9. The van der Waals surface area contributed by atoms with Crippen molar-refractivity contribution in [2.45, 2.75) is 44.6 Å². The molecule has 1 aliphatic rings. The van der Waals surface area contributed by atoms with Crippen LogP contribution >= 0.6 is 0 Å². The molecule has 1 aliphatic heterocycles. The molecule has 0 amide bonds. The Bertz CT molecular complexity index is 741. The molecular formula is C14H20N2O7S. The van der Waals surface area contributed by atoms with Crippen molar-refractivity contribution in [2.75, 3.05) is 11.5 Å². The Balaban J connectivity index is 1.98. The van der Waals surface area contributed by atoms with Crippen LogP contribution in [-0.2, 0) is 20.3 Å². The maximum Gasteiger partial charge on any atom is 0.330 e. The van der Waals surface area contributed by atoms with Gasteiger partial charge in [0.05, 0.1) is 18.0 Å². The molecule has 0 saturated carbocycles. The first kappa shape index (κ1) is 18.6. The molecule has 0 aliphatic carbocycles. The number of carboxylic acids is 1. The van der Waals surface area contributed by atoms with Gasteiger partial charge in [-0.05, 0) is 13.3 Å². The number of ether oxygens (including phenoxy) is 1. The molecule has 134 valence electrons. The van der Waals surface area contributed by atoms with Gasteiger partial charge in [-0.15, -0.1) is 0 Å². The van der Waals surface area contributed by atoms with Gasteiger partial charge in [0.1, 0.15) is 6.23 Å². The Morgan fingerprint density at radius 3 is 2.88 bits per heavy atom. The van der Waals surface area contributed by atoms with Crippen molar-refractivity contribution in [1.29, 1.82) is 0 Å². The zero-order valence-corrected chi connectivity index (χ0v) is 14.0. The van der Waals surface area contributed by atoms with E-state index in [0.29, 0.717) is 5.56 Å². The molecule has 24 heavy (non-hydrogen) atoms. The number of aliphatic hydroxyl groups excluding tert-OH is 1. The lowest BCUT2D eigenvalue weighted by molar-refractivity contribution is -0.137. The van der Waals surface area contributed by atoms with Crippen molar-refractivity contribution in [3.63, 3.8) is 0 Å². The number of hydrogen-bond acceptors (Lipinski definition) is 6. The molecule has 4 atom stereocenters. The SMILES string of the molecule is Cc1cn([C@H]2C[C@H](O)[C@@H](CS(=O)CCCC(=O)O)O2)c(=O)[nH]c1=O. The van der Waals surface area contributed by atoms with Gasteiger partial charge >= 0.3 is 11.7 Å². The number of nitrogens with one attached hydrogen (secondary N) is 1. The van der Waals surface area contributed by atoms with E-state index in [1.54, 1.807) is 6.92 Å². The van der Waals surface area contributed by atoms with E-state index in [-0.39, 0.29) is 30.8 Å². The minimum absolute atomic E-state index is 0.0610. The fraction of sp³-hybridized carbons (Fsp3) is 0.643. The number of aryl methyl sites for hydroxylation is 1. The second-order valence-electron chi connectivity index (χ2n) is 5.72. The Morgan fingerprint density at radius 2 is 2.21 bits per heavy atom. The van der Waals surface area contributed by atoms with E-state index in [0.717, 1.165) is 0 Å². The van der Waals surface area contributed by atoms with Crippen LogP contribution in [-0.4, -0.2) is 53.7 Å². The summed E-state index contributed by atoms with van der Waals surface area (Å²) >= 11 is 0. The van der Waals surface area contributed by atoms with Gasteiger partial charge in [-0.2, -0.15) is 0 Å². The highest BCUT2D eigenvalue weighted by Crippen LogP contribution is 2.28. The fourth-order valence-electron chi connectivity index (χ4n) is 2.49. The molecule has 10 heteroatoms. The van der Waals surface area contributed by atoms with E-state index in [1.165, 1.54) is 10.8 Å². The third-order valence-electron chi connectivity index (χ3n) is 3.77. The summed E-state index contributed by atoms with van der Waals surface area (Å²) in [5.41, 5.74) is -0.773. The molecule has 0 aromatic carbocycles. The molecule has 1 aromatic rings. The molecule has 0 spiro atoms. The van der Waals surface area contributed by atoms with Crippen molar-refractivity contribution < 1.29 is 24.0 Å². The predicted octanol–water partition coefficient (Wildman–Crippen LogP) is -0.893. The molecule has 9 nitrogen and oxygen atoms in total. The van der Waals surface area contributed by atoms with E-state index in [9.17, 15) is 23.7 Å². The normalized spacial score (nSPS) is 24.8. The van der Waals surface area contributed by atoms with Crippen LogP contribution in [0.15, 0.2) is 15.8 Å². The zero-order valence-electron chi connectivity index (χ0n) is 13.1. The van der Waals surface area contributed by atoms with Crippen LogP contribution in [0.5, 0.6) is 0 Å². The van der Waals surface area contributed by atoms with Gasteiger partial charge in [0, 0.05) is 41.2 Å². The maximum absolute atomic E-state index is 11.9. The quantitative estimate of drug-likeness (QED) is 0.573. The van der Waals surface area contributed by atoms with Crippen LogP contribution in [0.3, 0.4) is 0 Å². The minimum Gasteiger partial charge on any atom is -0.481 e. The lowest BCUT2D eigenvalue weighted by Gasteiger charge is -2.16. The fourth-order valence-corrected chi connectivity index (χ4v) is 3.79. The number of carbonyl (C=O) groups is 1. The van der Waals surface area contributed by atoms with Gasteiger partial charge in [-0.25, -0.2) is 4.79 Å². The van der Waals surface area contributed by atoms with Crippen LogP contribution in [0.2, 0.25) is 0 Å². The number of carboxylic acid groups (broad SMARTS) is 1. The molecule has 2 rings (SSSR count). The lowest BCUT2D eigenvalue weighted by atomic mass is 10.2. The average molecular weight is 360 g/mol. The Hall–Kier alpha value is -1.78. The van der Waals surface area contributed by atoms with Gasteiger partial charge in [-0.3, -0.25) is 23.3 Å². The number of H-pyrrole nitrogens is 1. The van der Waals surface area contributed by atoms with Crippen LogP contribution in [0.4, 0.5) is 0 Å². The lowest BCUT2D eigenvalue weighted by Crippen LogP contribution is -2.33. The topological polar surface area (TPSA) is 139 Å². The number of hydrogen-bond donors (Lipinski definition) is 3. The summed E-state index contributed by atoms with van der Waals surface area (Å²) in [6, 6.07) is 0. The molecule has 1 unspecified atom stereocenters. The first-order valence-corrected chi connectivity index (χ1v) is 8.99. The highest BCUT2D eigenvalue weighted by molar-refractivity contribution is 7.85. The number of rotatable bonds is 7. The van der Waals surface area contributed by atoms with Crippen LogP contribution in [0.1, 0.15) is 31.1 Å². The smallest absolute Gasteiger partial charge is 0.330 e. The van der Waals surface area contributed by atoms with Crippen molar-refractivity contribution in [2.24, 2.45) is 0 Å². The third-order valence-corrected chi connectivity index (χ3v) is 5.22. The van der Waals surface area contributed by atoms with E-state index in [2.05, 4.69) is 4.98 Å². The minimum atomic E-state index is -1.33. The standard InChI is InChI=1S/C14H20N2O7S/c1-8-6-16(14(21)15-13(8)20)11-5-9(17)10(23-11)7-24(22)4-2-3-12(18)19/h6,9-11,17H,2-5,7H2,1H3,(H,18,19)(H,15,20,21)/t9-,10+,11+,24?/m0/s1. The van der Waals surface area contributed by atoms with Crippen LogP contribution in [0, 0.1) is 6.92 Å². The third kappa shape index (κ3) is 4.62. The molecule has 0 bridgehead atoms. The van der Waals surface area contributed by atoms with Gasteiger partial charge in [0.15, 0.2) is 0 Å². The molecule has 1 saturated heterocycles. The number of nitrogens with zero attached hydrogens (tertiary/aromatic N) is 1. The second kappa shape index (κ2) is 7.86. The van der Waals surface area contributed by atoms with Crippen LogP contribution < -0.4 is 11.2 Å². The Morgan fingerprint density at radius 1 is 1.50 bits per heavy atom. The van der Waals surface area contributed by atoms with Crippen molar-refractivity contribution >= 4 is 16.8 Å². The predicted molar refractivity (Wildman–Crippen MR) is 85.3 cm³/mol. The van der Waals surface area contributed by atoms with E-state index in [4.69, 9.17) is 9.84 Å². The highest BCUT2D eigenvalue weighted by Gasteiger charge is 2.36. The summed E-state index contributed by atoms with van der Waals surface area (Å²) in [6.07, 6.45) is -0.615. The van der Waals surface area contributed by atoms with Crippen molar-refractivity contribution in [1.82, 2.24) is 9.55 Å². The molecular weight excluding hydrogens is 340 g/mol. The summed E-state index contributed by atoms with van der Waals surface area (Å²) in [7, 11) is -1.33. The molecule has 1 fully saturated rings. The first-order chi connectivity index (χ1) is 11.3.